The van der Waals surface area contributed by atoms with Gasteiger partial charge in [0.1, 0.15) is 6.61 Å². The van der Waals surface area contributed by atoms with Crippen LogP contribution in [0.25, 0.3) is 11.4 Å². The fraction of sp³-hybridized carbons (Fsp3) is 0.333. The van der Waals surface area contributed by atoms with Crippen LogP contribution in [-0.4, -0.2) is 29.7 Å². The number of benzene rings is 1. The molecule has 1 unspecified atom stereocenters. The van der Waals surface area contributed by atoms with Gasteiger partial charge in [-0.25, -0.2) is 9.97 Å². The van der Waals surface area contributed by atoms with E-state index in [-0.39, 0.29) is 6.04 Å². The van der Waals surface area contributed by atoms with Gasteiger partial charge in [0.05, 0.1) is 18.0 Å². The molecule has 22 heavy (non-hydrogen) atoms. The molecule has 1 aromatic carbocycles. The monoisotopic (exact) mass is 311 g/mol. The van der Waals surface area contributed by atoms with E-state index in [0.29, 0.717) is 23.7 Å². The molecule has 0 fully saturated rings. The second-order valence-electron chi connectivity index (χ2n) is 4.82. The topological polar surface area (TPSA) is 47.0 Å². The summed E-state index contributed by atoms with van der Waals surface area (Å²) in [5.74, 6) is 0.862. The molecule has 0 saturated carbocycles. The maximum absolute atomic E-state index is 12.5. The van der Waals surface area contributed by atoms with Gasteiger partial charge in [0, 0.05) is 11.6 Å². The van der Waals surface area contributed by atoms with Crippen LogP contribution in [0.5, 0.6) is 5.75 Å². The highest BCUT2D eigenvalue weighted by Gasteiger charge is 2.30. The van der Waals surface area contributed by atoms with Crippen LogP contribution in [0, 0.1) is 0 Å². The van der Waals surface area contributed by atoms with Crippen LogP contribution in [-0.2, 0) is 6.18 Å². The lowest BCUT2D eigenvalue weighted by Crippen LogP contribution is -2.28. The molecule has 4 nitrogen and oxygen atoms in total. The molecule has 1 aromatic heterocycles. The molecule has 0 aliphatic heterocycles. The number of alkyl halides is 3. The summed E-state index contributed by atoms with van der Waals surface area (Å²) in [4.78, 5) is 8.21. The molecule has 0 aliphatic carbocycles. The van der Waals surface area contributed by atoms with Crippen LogP contribution in [0.15, 0.2) is 36.7 Å². The molecule has 0 bridgehead atoms. The van der Waals surface area contributed by atoms with Gasteiger partial charge < -0.3 is 10.1 Å². The standard InChI is InChI=1S/C15H16F3N3O/c1-10(19-2)9-22-13-7-20-14(21-8-13)11-3-5-12(6-4-11)15(16,17)18/h3-8,10,19H,9H2,1-2H3. The smallest absolute Gasteiger partial charge is 0.416 e. The predicted molar refractivity (Wildman–Crippen MR) is 76.5 cm³/mol. The van der Waals surface area contributed by atoms with E-state index in [4.69, 9.17) is 4.74 Å². The normalized spacial score (nSPS) is 13.0. The number of hydrogen-bond acceptors (Lipinski definition) is 4. The number of ether oxygens (including phenoxy) is 1. The van der Waals surface area contributed by atoms with Crippen molar-refractivity contribution < 1.29 is 17.9 Å². The summed E-state index contributed by atoms with van der Waals surface area (Å²) < 4.78 is 43.0. The Balaban J connectivity index is 2.07. The van der Waals surface area contributed by atoms with Gasteiger partial charge >= 0.3 is 6.18 Å². The Kier molecular flexibility index (Phi) is 4.97. The largest absolute Gasteiger partial charge is 0.489 e. The summed E-state index contributed by atoms with van der Waals surface area (Å²) in [5, 5.41) is 3.03. The third-order valence-electron chi connectivity index (χ3n) is 3.09. The van der Waals surface area contributed by atoms with Gasteiger partial charge in [0.15, 0.2) is 11.6 Å². The van der Waals surface area contributed by atoms with Gasteiger partial charge in [-0.3, -0.25) is 0 Å². The zero-order chi connectivity index (χ0) is 16.2. The molecule has 118 valence electrons. The van der Waals surface area contributed by atoms with Crippen LogP contribution in [0.4, 0.5) is 13.2 Å². The number of nitrogens with zero attached hydrogens (tertiary/aromatic N) is 2. The molecule has 1 N–H and O–H groups in total. The molecule has 1 atom stereocenters. The van der Waals surface area contributed by atoms with E-state index in [1.807, 2.05) is 14.0 Å². The summed E-state index contributed by atoms with van der Waals surface area (Å²) in [6, 6.07) is 4.91. The second-order valence-corrected chi connectivity index (χ2v) is 4.82. The molecule has 0 spiro atoms. The molecule has 2 aromatic rings. The molecule has 2 rings (SSSR count). The zero-order valence-electron chi connectivity index (χ0n) is 12.2. The van der Waals surface area contributed by atoms with Crippen molar-refractivity contribution in [1.29, 1.82) is 0 Å². The molecule has 0 radical (unpaired) electrons. The van der Waals surface area contributed by atoms with Gasteiger partial charge in [0.25, 0.3) is 0 Å². The Labute approximate surface area is 126 Å². The molecule has 1 heterocycles. The van der Waals surface area contributed by atoms with Crippen LogP contribution in [0.3, 0.4) is 0 Å². The third-order valence-corrected chi connectivity index (χ3v) is 3.09. The van der Waals surface area contributed by atoms with Crippen LogP contribution < -0.4 is 10.1 Å². The van der Waals surface area contributed by atoms with E-state index in [2.05, 4.69) is 15.3 Å². The minimum atomic E-state index is -4.35. The molecule has 7 heteroatoms. The van der Waals surface area contributed by atoms with Crippen molar-refractivity contribution in [2.24, 2.45) is 0 Å². The first-order valence-corrected chi connectivity index (χ1v) is 6.70. The van der Waals surface area contributed by atoms with E-state index in [9.17, 15) is 13.2 Å². The average Bonchev–Trinajstić information content (AvgIpc) is 2.52. The van der Waals surface area contributed by atoms with Gasteiger partial charge in [-0.15, -0.1) is 0 Å². The Hall–Kier alpha value is -2.15. The zero-order valence-corrected chi connectivity index (χ0v) is 12.2. The molecule has 0 saturated heterocycles. The highest BCUT2D eigenvalue weighted by Crippen LogP contribution is 2.30. The Morgan fingerprint density at radius 3 is 2.23 bits per heavy atom. The summed E-state index contributed by atoms with van der Waals surface area (Å²) in [5.41, 5.74) is -0.180. The highest BCUT2D eigenvalue weighted by atomic mass is 19.4. The first kappa shape index (κ1) is 16.2. The minimum Gasteiger partial charge on any atom is -0.489 e. The van der Waals surface area contributed by atoms with E-state index in [1.165, 1.54) is 24.5 Å². The maximum Gasteiger partial charge on any atom is 0.416 e. The van der Waals surface area contributed by atoms with Crippen molar-refractivity contribution >= 4 is 0 Å². The van der Waals surface area contributed by atoms with E-state index in [0.717, 1.165) is 12.1 Å². The number of aromatic nitrogens is 2. The maximum atomic E-state index is 12.5. The first-order chi connectivity index (χ1) is 10.4. The summed E-state index contributed by atoms with van der Waals surface area (Å²) >= 11 is 0. The number of likely N-dealkylation sites (N-methyl/N-ethyl adjacent to an activating group) is 1. The van der Waals surface area contributed by atoms with E-state index < -0.39 is 11.7 Å². The molecule has 0 aliphatic rings. The average molecular weight is 311 g/mol. The van der Waals surface area contributed by atoms with E-state index >= 15 is 0 Å². The van der Waals surface area contributed by atoms with Crippen molar-refractivity contribution in [2.45, 2.75) is 19.1 Å². The van der Waals surface area contributed by atoms with Crippen LogP contribution >= 0.6 is 0 Å². The third kappa shape index (κ3) is 4.17. The fourth-order valence-corrected chi connectivity index (χ4v) is 1.65. The van der Waals surface area contributed by atoms with Crippen LogP contribution in [0.1, 0.15) is 12.5 Å². The molecule has 0 amide bonds. The molecular weight excluding hydrogens is 295 g/mol. The minimum absolute atomic E-state index is 0.189. The summed E-state index contributed by atoms with van der Waals surface area (Å²) in [7, 11) is 1.83. The first-order valence-electron chi connectivity index (χ1n) is 6.70. The van der Waals surface area contributed by atoms with Crippen molar-refractivity contribution in [1.82, 2.24) is 15.3 Å². The highest BCUT2D eigenvalue weighted by molar-refractivity contribution is 5.55. The van der Waals surface area contributed by atoms with Gasteiger partial charge in [-0.05, 0) is 26.1 Å². The van der Waals surface area contributed by atoms with Crippen molar-refractivity contribution in [3.8, 4) is 17.1 Å². The van der Waals surface area contributed by atoms with Crippen LogP contribution in [0.2, 0.25) is 0 Å². The van der Waals surface area contributed by atoms with E-state index in [1.54, 1.807) is 0 Å². The summed E-state index contributed by atoms with van der Waals surface area (Å²) in [6.07, 6.45) is -1.34. The van der Waals surface area contributed by atoms with Crippen molar-refractivity contribution in [3.05, 3.63) is 42.2 Å². The van der Waals surface area contributed by atoms with Gasteiger partial charge in [0.2, 0.25) is 0 Å². The number of hydrogen-bond donors (Lipinski definition) is 1. The SMILES string of the molecule is CNC(C)COc1cnc(-c2ccc(C(F)(F)F)cc2)nc1. The number of rotatable bonds is 5. The Bertz CT molecular complexity index is 597. The fourth-order valence-electron chi connectivity index (χ4n) is 1.65. The second kappa shape index (κ2) is 6.74. The van der Waals surface area contributed by atoms with Crippen molar-refractivity contribution in [2.75, 3.05) is 13.7 Å². The van der Waals surface area contributed by atoms with Gasteiger partial charge in [-0.2, -0.15) is 13.2 Å². The Morgan fingerprint density at radius 1 is 1.14 bits per heavy atom. The predicted octanol–water partition coefficient (Wildman–Crippen LogP) is 3.15. The van der Waals surface area contributed by atoms with Gasteiger partial charge in [-0.1, -0.05) is 12.1 Å². The quantitative estimate of drug-likeness (QED) is 0.921. The lowest BCUT2D eigenvalue weighted by atomic mass is 10.1. The summed E-state index contributed by atoms with van der Waals surface area (Å²) in [6.45, 7) is 2.44. The number of nitrogens with one attached hydrogen (secondary N) is 1. The lowest BCUT2D eigenvalue weighted by Gasteiger charge is -2.11. The molecular formula is C15H16F3N3O. The van der Waals surface area contributed by atoms with Crippen molar-refractivity contribution in [3.63, 3.8) is 0 Å². The number of halogens is 3. The lowest BCUT2D eigenvalue weighted by molar-refractivity contribution is -0.137. The Morgan fingerprint density at radius 2 is 1.73 bits per heavy atom.